The number of nitrogens with zero attached hydrogens (tertiary/aromatic N) is 2. The molecule has 0 aliphatic rings. The van der Waals surface area contributed by atoms with Crippen molar-refractivity contribution in [2.75, 3.05) is 19.5 Å². The summed E-state index contributed by atoms with van der Waals surface area (Å²) in [6, 6.07) is 0. The van der Waals surface area contributed by atoms with Gasteiger partial charge in [-0.2, -0.15) is 5.10 Å². The standard InChI is InChI=1S/C6H11N3O2S/c1-11-2-5(10)3-12-6-7-4-8-9-6/h4-5,10H,2-3H2,1H3,(H,7,8,9). The van der Waals surface area contributed by atoms with E-state index < -0.39 is 6.10 Å². The number of aromatic amines is 1. The van der Waals surface area contributed by atoms with Crippen LogP contribution in [0.5, 0.6) is 0 Å². The second kappa shape index (κ2) is 5.13. The molecule has 12 heavy (non-hydrogen) atoms. The molecule has 1 rings (SSSR count). The molecule has 0 bridgehead atoms. The number of rotatable bonds is 5. The number of aromatic nitrogens is 3. The number of aliphatic hydroxyl groups is 1. The monoisotopic (exact) mass is 189 g/mol. The molecule has 6 heteroatoms. The molecule has 0 spiro atoms. The summed E-state index contributed by atoms with van der Waals surface area (Å²) in [6.07, 6.45) is 0.982. The molecule has 0 amide bonds. The molecule has 1 aromatic rings. The van der Waals surface area contributed by atoms with E-state index in [4.69, 9.17) is 4.74 Å². The summed E-state index contributed by atoms with van der Waals surface area (Å²) in [5, 5.41) is 16.3. The first kappa shape index (κ1) is 9.50. The Morgan fingerprint density at radius 2 is 2.67 bits per heavy atom. The van der Waals surface area contributed by atoms with Gasteiger partial charge < -0.3 is 9.84 Å². The van der Waals surface area contributed by atoms with Crippen LogP contribution in [0.3, 0.4) is 0 Å². The number of H-pyrrole nitrogens is 1. The SMILES string of the molecule is COCC(O)CSc1ncn[nH]1. The Bertz CT molecular complexity index is 205. The van der Waals surface area contributed by atoms with Gasteiger partial charge >= 0.3 is 0 Å². The fourth-order valence-electron chi connectivity index (χ4n) is 0.679. The highest BCUT2D eigenvalue weighted by atomic mass is 32.2. The second-order valence-electron chi connectivity index (χ2n) is 2.21. The van der Waals surface area contributed by atoms with Crippen LogP contribution in [-0.2, 0) is 4.74 Å². The van der Waals surface area contributed by atoms with Crippen LogP contribution in [0.1, 0.15) is 0 Å². The van der Waals surface area contributed by atoms with E-state index >= 15 is 0 Å². The first-order valence-corrected chi connectivity index (χ1v) is 4.46. The summed E-state index contributed by atoms with van der Waals surface area (Å²) in [7, 11) is 1.56. The lowest BCUT2D eigenvalue weighted by molar-refractivity contribution is 0.0794. The van der Waals surface area contributed by atoms with Crippen molar-refractivity contribution < 1.29 is 9.84 Å². The third-order valence-corrected chi connectivity index (χ3v) is 2.19. The van der Waals surface area contributed by atoms with E-state index in [0.717, 1.165) is 0 Å². The molecular formula is C6H11N3O2S. The molecular weight excluding hydrogens is 178 g/mol. The van der Waals surface area contributed by atoms with Gasteiger partial charge in [-0.25, -0.2) is 4.98 Å². The first-order chi connectivity index (χ1) is 5.83. The van der Waals surface area contributed by atoms with Crippen LogP contribution in [0.2, 0.25) is 0 Å². The van der Waals surface area contributed by atoms with E-state index in [1.807, 2.05) is 0 Å². The van der Waals surface area contributed by atoms with Crippen molar-refractivity contribution in [2.45, 2.75) is 11.3 Å². The van der Waals surface area contributed by atoms with Gasteiger partial charge in [0.1, 0.15) is 6.33 Å². The molecule has 2 N–H and O–H groups in total. The van der Waals surface area contributed by atoms with Crippen LogP contribution in [-0.4, -0.2) is 45.9 Å². The third-order valence-electron chi connectivity index (χ3n) is 1.16. The molecule has 0 aliphatic heterocycles. The summed E-state index contributed by atoms with van der Waals surface area (Å²) in [4.78, 5) is 3.89. The summed E-state index contributed by atoms with van der Waals surface area (Å²) in [5.74, 6) is 0.559. The fourth-order valence-corrected chi connectivity index (χ4v) is 1.36. The Hall–Kier alpha value is -0.590. The zero-order chi connectivity index (χ0) is 8.81. The number of methoxy groups -OCH3 is 1. The fraction of sp³-hybridized carbons (Fsp3) is 0.667. The zero-order valence-corrected chi connectivity index (χ0v) is 7.54. The van der Waals surface area contributed by atoms with Gasteiger partial charge in [0.15, 0.2) is 5.16 Å². The van der Waals surface area contributed by atoms with Crippen molar-refractivity contribution in [3.05, 3.63) is 6.33 Å². The van der Waals surface area contributed by atoms with E-state index in [9.17, 15) is 5.11 Å². The molecule has 0 saturated heterocycles. The Balaban J connectivity index is 2.17. The number of thioether (sulfide) groups is 1. The molecule has 0 aliphatic carbocycles. The minimum absolute atomic E-state index is 0.348. The smallest absolute Gasteiger partial charge is 0.183 e. The van der Waals surface area contributed by atoms with E-state index in [-0.39, 0.29) is 0 Å². The van der Waals surface area contributed by atoms with Crippen LogP contribution in [0.15, 0.2) is 11.5 Å². The molecule has 1 atom stereocenters. The lowest BCUT2D eigenvalue weighted by atomic mass is 10.4. The molecule has 0 aromatic carbocycles. The normalized spacial score (nSPS) is 13.2. The van der Waals surface area contributed by atoms with Crippen LogP contribution in [0, 0.1) is 0 Å². The quantitative estimate of drug-likeness (QED) is 0.633. The van der Waals surface area contributed by atoms with E-state index in [2.05, 4.69) is 15.2 Å². The number of nitrogens with one attached hydrogen (secondary N) is 1. The maximum absolute atomic E-state index is 9.24. The van der Waals surface area contributed by atoms with Gasteiger partial charge in [0.05, 0.1) is 12.7 Å². The Kier molecular flexibility index (Phi) is 4.06. The summed E-state index contributed by atoms with van der Waals surface area (Å²) >= 11 is 1.42. The highest BCUT2D eigenvalue weighted by Gasteiger charge is 2.05. The summed E-state index contributed by atoms with van der Waals surface area (Å²) in [5.41, 5.74) is 0. The highest BCUT2D eigenvalue weighted by molar-refractivity contribution is 7.99. The third kappa shape index (κ3) is 3.21. The molecule has 0 radical (unpaired) electrons. The van der Waals surface area contributed by atoms with Crippen LogP contribution in [0.4, 0.5) is 0 Å². The van der Waals surface area contributed by atoms with Crippen LogP contribution >= 0.6 is 11.8 Å². The van der Waals surface area contributed by atoms with Crippen LogP contribution < -0.4 is 0 Å². The first-order valence-electron chi connectivity index (χ1n) is 3.48. The van der Waals surface area contributed by atoms with Gasteiger partial charge in [0.25, 0.3) is 0 Å². The summed E-state index contributed by atoms with van der Waals surface area (Å²) in [6.45, 7) is 0.348. The maximum Gasteiger partial charge on any atom is 0.183 e. The van der Waals surface area contributed by atoms with Gasteiger partial charge in [0, 0.05) is 12.9 Å². The molecule has 0 fully saturated rings. The Morgan fingerprint density at radius 1 is 1.83 bits per heavy atom. The van der Waals surface area contributed by atoms with Crippen molar-refractivity contribution in [3.8, 4) is 0 Å². The predicted octanol–water partition coefficient (Wildman–Crippen LogP) is -0.0959. The van der Waals surface area contributed by atoms with E-state index in [1.54, 1.807) is 7.11 Å². The second-order valence-corrected chi connectivity index (χ2v) is 3.22. The summed E-state index contributed by atoms with van der Waals surface area (Å²) < 4.78 is 4.76. The van der Waals surface area contributed by atoms with E-state index in [1.165, 1.54) is 18.1 Å². The van der Waals surface area contributed by atoms with Gasteiger partial charge in [-0.15, -0.1) is 0 Å². The molecule has 5 nitrogen and oxygen atoms in total. The van der Waals surface area contributed by atoms with Crippen molar-refractivity contribution in [3.63, 3.8) is 0 Å². The van der Waals surface area contributed by atoms with Gasteiger partial charge in [0.2, 0.25) is 0 Å². The van der Waals surface area contributed by atoms with Gasteiger partial charge in [-0.1, -0.05) is 11.8 Å². The van der Waals surface area contributed by atoms with Gasteiger partial charge in [-0.05, 0) is 0 Å². The Morgan fingerprint density at radius 3 is 3.25 bits per heavy atom. The predicted molar refractivity (Wildman–Crippen MR) is 45.0 cm³/mol. The van der Waals surface area contributed by atoms with Crippen molar-refractivity contribution in [1.82, 2.24) is 15.2 Å². The minimum atomic E-state index is -0.454. The van der Waals surface area contributed by atoms with Crippen molar-refractivity contribution in [2.24, 2.45) is 0 Å². The number of ether oxygens (including phenoxy) is 1. The molecule has 68 valence electrons. The Labute approximate surface area is 74.5 Å². The molecule has 1 heterocycles. The molecule has 1 aromatic heterocycles. The lowest BCUT2D eigenvalue weighted by Gasteiger charge is -2.06. The average Bonchev–Trinajstić information content (AvgIpc) is 2.53. The highest BCUT2D eigenvalue weighted by Crippen LogP contribution is 2.11. The zero-order valence-electron chi connectivity index (χ0n) is 6.73. The number of hydrogen-bond donors (Lipinski definition) is 2. The number of aliphatic hydroxyl groups excluding tert-OH is 1. The van der Waals surface area contributed by atoms with Crippen molar-refractivity contribution in [1.29, 1.82) is 0 Å². The lowest BCUT2D eigenvalue weighted by Crippen LogP contribution is -2.16. The van der Waals surface area contributed by atoms with Crippen LogP contribution in [0.25, 0.3) is 0 Å². The topological polar surface area (TPSA) is 71.0 Å². The van der Waals surface area contributed by atoms with E-state index in [0.29, 0.717) is 17.5 Å². The molecule has 1 unspecified atom stereocenters. The molecule has 0 saturated carbocycles. The largest absolute Gasteiger partial charge is 0.390 e. The number of hydrogen-bond acceptors (Lipinski definition) is 5. The van der Waals surface area contributed by atoms with Crippen molar-refractivity contribution >= 4 is 11.8 Å². The van der Waals surface area contributed by atoms with Gasteiger partial charge in [-0.3, -0.25) is 5.10 Å². The minimum Gasteiger partial charge on any atom is -0.390 e. The maximum atomic E-state index is 9.24. The average molecular weight is 189 g/mol.